The molecule has 3 atom stereocenters. The molecule has 1 saturated heterocycles. The standard InChI is InChI=1S/C24H33N7O3/c1-28-20-8-5-16(10-21(20)30-27)13-29-23(32)22-11-17(14-31(22)24(33)19(26)12-25)9-15-3-6-18(34-2)7-4-15/h3-8,10,17,19,22,27-28H,9,11-14,25-26H2,1-2H3,(H,29,32)/t17-,19-,22+/m1/s1. The minimum Gasteiger partial charge on any atom is -0.497 e. The van der Waals surface area contributed by atoms with Gasteiger partial charge in [0.2, 0.25) is 11.8 Å². The molecular weight excluding hydrogens is 434 g/mol. The SMILES string of the molecule is CNc1ccc(CNC(=O)[C@@H]2C[C@@H](Cc3ccc(OC)cc3)CN2C(=O)[C@H](N)CN)cc1N=N. The maximum Gasteiger partial charge on any atom is 0.243 e. The number of anilines is 1. The normalized spacial score (nSPS) is 18.3. The number of rotatable bonds is 10. The van der Waals surface area contributed by atoms with Crippen molar-refractivity contribution in [2.24, 2.45) is 22.5 Å². The predicted molar refractivity (Wildman–Crippen MR) is 130 cm³/mol. The average molecular weight is 468 g/mol. The summed E-state index contributed by atoms with van der Waals surface area (Å²) in [5.74, 6) is 0.342. The van der Waals surface area contributed by atoms with Gasteiger partial charge in [-0.1, -0.05) is 18.2 Å². The first-order valence-electron chi connectivity index (χ1n) is 11.2. The van der Waals surface area contributed by atoms with Gasteiger partial charge in [-0.25, -0.2) is 5.53 Å². The minimum absolute atomic E-state index is 0.0179. The highest BCUT2D eigenvalue weighted by Gasteiger charge is 2.40. The van der Waals surface area contributed by atoms with E-state index >= 15 is 0 Å². The summed E-state index contributed by atoms with van der Waals surface area (Å²) < 4.78 is 5.21. The van der Waals surface area contributed by atoms with Crippen molar-refractivity contribution >= 4 is 23.2 Å². The Kier molecular flexibility index (Phi) is 8.55. The van der Waals surface area contributed by atoms with E-state index in [2.05, 4.69) is 15.7 Å². The van der Waals surface area contributed by atoms with Crippen molar-refractivity contribution in [1.82, 2.24) is 10.2 Å². The zero-order valence-electron chi connectivity index (χ0n) is 19.6. The van der Waals surface area contributed by atoms with Crippen LogP contribution in [0, 0.1) is 11.4 Å². The third-order valence-electron chi connectivity index (χ3n) is 6.15. The highest BCUT2D eigenvalue weighted by Crippen LogP contribution is 2.29. The van der Waals surface area contributed by atoms with Crippen LogP contribution in [0.1, 0.15) is 17.5 Å². The molecule has 0 saturated carbocycles. The maximum atomic E-state index is 13.1. The number of nitrogens with one attached hydrogen (secondary N) is 3. The topological polar surface area (TPSA) is 159 Å². The molecule has 7 N–H and O–H groups in total. The summed E-state index contributed by atoms with van der Waals surface area (Å²) in [5.41, 5.74) is 22.0. The number of methoxy groups -OCH3 is 1. The Balaban J connectivity index is 1.70. The van der Waals surface area contributed by atoms with Gasteiger partial charge >= 0.3 is 0 Å². The van der Waals surface area contributed by atoms with Crippen LogP contribution < -0.4 is 26.8 Å². The molecule has 2 aromatic carbocycles. The van der Waals surface area contributed by atoms with Crippen LogP contribution in [0.25, 0.3) is 0 Å². The number of benzene rings is 2. The van der Waals surface area contributed by atoms with E-state index < -0.39 is 12.1 Å². The number of amides is 2. The summed E-state index contributed by atoms with van der Waals surface area (Å²) in [6, 6.07) is 11.7. The van der Waals surface area contributed by atoms with Gasteiger partial charge in [0.1, 0.15) is 17.5 Å². The molecule has 1 aliphatic rings. The van der Waals surface area contributed by atoms with Gasteiger partial charge in [-0.2, -0.15) is 5.11 Å². The van der Waals surface area contributed by atoms with E-state index in [4.69, 9.17) is 21.7 Å². The minimum atomic E-state index is -0.842. The molecule has 34 heavy (non-hydrogen) atoms. The third-order valence-corrected chi connectivity index (χ3v) is 6.15. The zero-order valence-corrected chi connectivity index (χ0v) is 19.6. The van der Waals surface area contributed by atoms with E-state index in [1.54, 1.807) is 25.1 Å². The van der Waals surface area contributed by atoms with E-state index in [0.29, 0.717) is 18.7 Å². The second kappa shape index (κ2) is 11.6. The molecule has 0 bridgehead atoms. The Morgan fingerprint density at radius 2 is 1.94 bits per heavy atom. The molecule has 2 amide bonds. The van der Waals surface area contributed by atoms with E-state index in [0.717, 1.165) is 29.0 Å². The lowest BCUT2D eigenvalue weighted by atomic mass is 9.96. The number of carbonyl (C=O) groups is 2. The van der Waals surface area contributed by atoms with Crippen LogP contribution in [0.15, 0.2) is 47.6 Å². The monoisotopic (exact) mass is 467 g/mol. The van der Waals surface area contributed by atoms with Crippen LogP contribution in [0.4, 0.5) is 11.4 Å². The van der Waals surface area contributed by atoms with Crippen molar-refractivity contribution in [2.45, 2.75) is 31.5 Å². The van der Waals surface area contributed by atoms with Gasteiger partial charge in [-0.15, -0.1) is 0 Å². The van der Waals surface area contributed by atoms with Gasteiger partial charge in [0.15, 0.2) is 0 Å². The van der Waals surface area contributed by atoms with Crippen molar-refractivity contribution in [3.63, 3.8) is 0 Å². The smallest absolute Gasteiger partial charge is 0.243 e. The largest absolute Gasteiger partial charge is 0.497 e. The van der Waals surface area contributed by atoms with Crippen molar-refractivity contribution in [3.05, 3.63) is 53.6 Å². The summed E-state index contributed by atoms with van der Waals surface area (Å²) in [4.78, 5) is 27.6. The summed E-state index contributed by atoms with van der Waals surface area (Å²) in [7, 11) is 3.38. The lowest BCUT2D eigenvalue weighted by Crippen LogP contribution is -2.53. The van der Waals surface area contributed by atoms with Crippen molar-refractivity contribution in [2.75, 3.05) is 32.6 Å². The number of likely N-dealkylation sites (tertiary alicyclic amines) is 1. The molecule has 0 unspecified atom stereocenters. The molecule has 0 spiro atoms. The van der Waals surface area contributed by atoms with Gasteiger partial charge in [-0.05, 0) is 54.2 Å². The second-order valence-corrected chi connectivity index (χ2v) is 8.43. The fraction of sp³-hybridized carbons (Fsp3) is 0.417. The van der Waals surface area contributed by atoms with E-state index in [-0.39, 0.29) is 30.8 Å². The molecule has 0 aliphatic carbocycles. The van der Waals surface area contributed by atoms with Gasteiger partial charge in [-0.3, -0.25) is 9.59 Å². The number of carbonyl (C=O) groups excluding carboxylic acids is 2. The summed E-state index contributed by atoms with van der Waals surface area (Å²) in [5, 5.41) is 9.42. The molecule has 0 radical (unpaired) electrons. The fourth-order valence-corrected chi connectivity index (χ4v) is 4.27. The Bertz CT molecular complexity index is 1010. The lowest BCUT2D eigenvalue weighted by molar-refractivity contribution is -0.139. The molecule has 1 heterocycles. The Labute approximate surface area is 199 Å². The van der Waals surface area contributed by atoms with E-state index in [9.17, 15) is 9.59 Å². The first-order chi connectivity index (χ1) is 16.4. The van der Waals surface area contributed by atoms with Crippen LogP contribution >= 0.6 is 0 Å². The molecule has 10 heteroatoms. The zero-order chi connectivity index (χ0) is 24.7. The van der Waals surface area contributed by atoms with Crippen LogP contribution in [0.2, 0.25) is 0 Å². The number of hydrogen-bond acceptors (Lipinski definition) is 8. The van der Waals surface area contributed by atoms with Crippen molar-refractivity contribution < 1.29 is 14.3 Å². The van der Waals surface area contributed by atoms with Gasteiger partial charge < -0.3 is 31.7 Å². The Hall–Kier alpha value is -3.50. The molecule has 0 aromatic heterocycles. The molecular formula is C24H33N7O3. The van der Waals surface area contributed by atoms with Crippen LogP contribution in [-0.2, 0) is 22.6 Å². The summed E-state index contributed by atoms with van der Waals surface area (Å²) >= 11 is 0. The molecule has 1 fully saturated rings. The molecule has 182 valence electrons. The molecule has 1 aliphatic heterocycles. The summed E-state index contributed by atoms with van der Waals surface area (Å²) in [6.45, 7) is 0.718. The first-order valence-corrected chi connectivity index (χ1v) is 11.2. The quantitative estimate of drug-likeness (QED) is 0.335. The van der Waals surface area contributed by atoms with Crippen LogP contribution in [0.5, 0.6) is 5.75 Å². The number of ether oxygens (including phenoxy) is 1. The maximum absolute atomic E-state index is 13.1. The van der Waals surface area contributed by atoms with Gasteiger partial charge in [0.05, 0.1) is 18.8 Å². The number of nitrogens with zero attached hydrogens (tertiary/aromatic N) is 2. The Morgan fingerprint density at radius 3 is 2.56 bits per heavy atom. The Morgan fingerprint density at radius 1 is 1.24 bits per heavy atom. The predicted octanol–water partition coefficient (Wildman–Crippen LogP) is 1.76. The highest BCUT2D eigenvalue weighted by atomic mass is 16.5. The van der Waals surface area contributed by atoms with Gasteiger partial charge in [0.25, 0.3) is 0 Å². The average Bonchev–Trinajstić information content (AvgIpc) is 3.30. The lowest BCUT2D eigenvalue weighted by Gasteiger charge is -2.26. The molecule has 2 aromatic rings. The van der Waals surface area contributed by atoms with E-state index in [1.165, 1.54) is 0 Å². The first kappa shape index (κ1) is 25.1. The number of hydrogen-bond donors (Lipinski definition) is 5. The molecule has 10 nitrogen and oxygen atoms in total. The van der Waals surface area contributed by atoms with Crippen molar-refractivity contribution in [3.8, 4) is 5.75 Å². The van der Waals surface area contributed by atoms with Gasteiger partial charge in [0, 0.05) is 26.7 Å². The van der Waals surface area contributed by atoms with E-state index in [1.807, 2.05) is 36.4 Å². The van der Waals surface area contributed by atoms with Crippen LogP contribution in [-0.4, -0.2) is 56.0 Å². The fourth-order valence-electron chi connectivity index (χ4n) is 4.27. The number of nitrogens with two attached hydrogens (primary N) is 2. The second-order valence-electron chi connectivity index (χ2n) is 8.43. The van der Waals surface area contributed by atoms with Crippen LogP contribution in [0.3, 0.4) is 0 Å². The highest BCUT2D eigenvalue weighted by molar-refractivity contribution is 5.90. The molecule has 3 rings (SSSR count). The third kappa shape index (κ3) is 5.89. The summed E-state index contributed by atoms with van der Waals surface area (Å²) in [6.07, 6.45) is 1.27. The van der Waals surface area contributed by atoms with Crippen molar-refractivity contribution in [1.29, 1.82) is 5.53 Å².